The minimum Gasteiger partial charge on any atom is -0.508 e. The van der Waals surface area contributed by atoms with Crippen molar-refractivity contribution in [2.75, 3.05) is 26.2 Å². The van der Waals surface area contributed by atoms with Crippen molar-refractivity contribution in [2.45, 2.75) is 153 Å². The van der Waals surface area contributed by atoms with Gasteiger partial charge in [-0.25, -0.2) is 0 Å². The third kappa shape index (κ3) is 13.0. The van der Waals surface area contributed by atoms with E-state index in [4.69, 9.17) is 11.5 Å². The third-order valence-electron chi connectivity index (χ3n) is 18.4. The molecule has 12 unspecified atom stereocenters. The number of benzene rings is 3. The first-order chi connectivity index (χ1) is 38.5. The molecule has 2 aliphatic carbocycles. The number of aliphatic imine (C=N–C) groups is 1. The second-order valence-electron chi connectivity index (χ2n) is 23.8. The number of hydrogen-bond acceptors (Lipinski definition) is 15. The molecule has 1 spiro atoms. The number of rotatable bonds is 10. The number of carbonyl (C=O) groups is 2. The molecule has 3 aromatic carbocycles. The molecular formula is C65H85N7O9. The van der Waals surface area contributed by atoms with Crippen LogP contribution >= 0.6 is 0 Å². The molecule has 0 radical (unpaired) electrons. The van der Waals surface area contributed by atoms with Crippen LogP contribution in [0.2, 0.25) is 0 Å². The third-order valence-corrected chi connectivity index (χ3v) is 18.4. The van der Waals surface area contributed by atoms with E-state index in [0.717, 1.165) is 27.8 Å². The number of allylic oxidation sites excluding steroid dienone is 5. The summed E-state index contributed by atoms with van der Waals surface area (Å²) in [5, 5.41) is 96.9. The van der Waals surface area contributed by atoms with E-state index < -0.39 is 76.3 Å². The second kappa shape index (κ2) is 25.5. The Morgan fingerprint density at radius 1 is 1.01 bits per heavy atom. The van der Waals surface area contributed by atoms with Crippen LogP contribution in [0.4, 0.5) is 0 Å². The first-order valence-electron chi connectivity index (χ1n) is 28.7. The number of Topliss-reactive ketones (excluding diaryl/α,β-unsaturated/α-hetero) is 1. The summed E-state index contributed by atoms with van der Waals surface area (Å²) in [7, 11) is 0. The van der Waals surface area contributed by atoms with Gasteiger partial charge in [0.15, 0.2) is 5.78 Å². The highest BCUT2D eigenvalue weighted by Gasteiger charge is 2.64. The van der Waals surface area contributed by atoms with Crippen molar-refractivity contribution in [3.8, 4) is 17.7 Å². The van der Waals surface area contributed by atoms with Gasteiger partial charge < -0.3 is 57.8 Å². The summed E-state index contributed by atoms with van der Waals surface area (Å²) in [5.41, 5.74) is 14.7. The molecule has 3 aliphatic heterocycles. The second-order valence-corrected chi connectivity index (χ2v) is 23.8. The van der Waals surface area contributed by atoms with Crippen molar-refractivity contribution >= 4 is 17.6 Å². The zero-order valence-corrected chi connectivity index (χ0v) is 47.6. The van der Waals surface area contributed by atoms with Gasteiger partial charge >= 0.3 is 0 Å². The molecule has 16 nitrogen and oxygen atoms in total. The molecule has 2 bridgehead atoms. The van der Waals surface area contributed by atoms with E-state index in [1.165, 1.54) is 0 Å². The highest BCUT2D eigenvalue weighted by molar-refractivity contribution is 5.98. The largest absolute Gasteiger partial charge is 0.508 e. The van der Waals surface area contributed by atoms with Crippen molar-refractivity contribution in [3.05, 3.63) is 159 Å². The molecule has 1 amide bonds. The van der Waals surface area contributed by atoms with Gasteiger partial charge in [0.25, 0.3) is 0 Å². The van der Waals surface area contributed by atoms with Crippen LogP contribution < -0.4 is 32.7 Å². The summed E-state index contributed by atoms with van der Waals surface area (Å²) in [5.74, 6) is 0.317. The van der Waals surface area contributed by atoms with Crippen LogP contribution in [0, 0.1) is 35.1 Å². The number of phenols is 1. The number of nitrogens with two attached hydrogens (primary N) is 2. The Hall–Kier alpha value is -6.23. The van der Waals surface area contributed by atoms with E-state index in [2.05, 4.69) is 44.8 Å². The number of hydrogen-bond donors (Lipinski definition) is 13. The maximum Gasteiger partial charge on any atom is 0.243 e. The van der Waals surface area contributed by atoms with Gasteiger partial charge in [0.1, 0.15) is 23.7 Å². The molecule has 15 N–H and O–H groups in total. The number of β-amino-alcohol motifs (C(OH)–C–C–N with tert-alkyl or cyclic N) is 1. The van der Waals surface area contributed by atoms with Gasteiger partial charge in [-0.15, -0.1) is 0 Å². The topological polar surface area (TPSA) is 288 Å². The van der Waals surface area contributed by atoms with Gasteiger partial charge in [0.05, 0.1) is 30.0 Å². The van der Waals surface area contributed by atoms with Gasteiger partial charge in [-0.3, -0.25) is 20.2 Å². The molecule has 2 saturated carbocycles. The monoisotopic (exact) mass is 1110 g/mol. The summed E-state index contributed by atoms with van der Waals surface area (Å²) in [4.78, 5) is 33.8. The molecule has 2 fully saturated rings. The lowest BCUT2D eigenvalue weighted by molar-refractivity contribution is -0.168. The number of carbonyl (C=O) groups excluding carboxylic acids is 2. The van der Waals surface area contributed by atoms with Crippen LogP contribution in [-0.4, -0.2) is 109 Å². The molecule has 3 aromatic rings. The van der Waals surface area contributed by atoms with E-state index in [0.29, 0.717) is 78.5 Å². The number of nitrogens with zero attached hydrogens (tertiary/aromatic N) is 1. The summed E-state index contributed by atoms with van der Waals surface area (Å²) in [6.45, 7) is 13.8. The number of nitrogens with one attached hydrogen (secondary N) is 4. The van der Waals surface area contributed by atoms with E-state index in [-0.39, 0.29) is 69.3 Å². The molecule has 3 heterocycles. The smallest absolute Gasteiger partial charge is 0.243 e. The van der Waals surface area contributed by atoms with Crippen LogP contribution in [0.3, 0.4) is 0 Å². The summed E-state index contributed by atoms with van der Waals surface area (Å²) in [6, 6.07) is 21.8. The van der Waals surface area contributed by atoms with E-state index >= 15 is 4.79 Å². The number of amides is 1. The van der Waals surface area contributed by atoms with Gasteiger partial charge in [-0.2, -0.15) is 4.99 Å². The van der Waals surface area contributed by atoms with Crippen LogP contribution in [0.1, 0.15) is 137 Å². The highest BCUT2D eigenvalue weighted by Crippen LogP contribution is 2.63. The van der Waals surface area contributed by atoms with Crippen LogP contribution in [0.25, 0.3) is 0 Å². The van der Waals surface area contributed by atoms with E-state index in [9.17, 15) is 40.5 Å². The summed E-state index contributed by atoms with van der Waals surface area (Å²) >= 11 is 0. The van der Waals surface area contributed by atoms with Crippen LogP contribution in [0.5, 0.6) is 5.75 Å². The molecule has 81 heavy (non-hydrogen) atoms. The van der Waals surface area contributed by atoms with Crippen LogP contribution in [-0.2, 0) is 28.9 Å². The van der Waals surface area contributed by atoms with Gasteiger partial charge in [-0.1, -0.05) is 109 Å². The van der Waals surface area contributed by atoms with E-state index in [1.54, 1.807) is 44.2 Å². The minimum absolute atomic E-state index is 0.0722. The number of phenolic OH excluding ortho intramolecular Hbond substituents is 1. The van der Waals surface area contributed by atoms with Crippen molar-refractivity contribution < 1.29 is 45.3 Å². The number of aromatic hydroxyl groups is 1. The molecule has 8 rings (SSSR count). The number of ketones is 1. The van der Waals surface area contributed by atoms with Crippen molar-refractivity contribution in [1.82, 2.24) is 21.3 Å². The van der Waals surface area contributed by atoms with Crippen LogP contribution in [0.15, 0.2) is 130 Å². The average Bonchev–Trinajstić information content (AvgIpc) is 4.00. The normalized spacial score (nSPS) is 31.2. The fourth-order valence-electron chi connectivity index (χ4n) is 13.9. The van der Waals surface area contributed by atoms with E-state index in [1.807, 2.05) is 81.4 Å². The Balaban J connectivity index is 1.22. The number of aliphatic hydroxyl groups excluding tert-OH is 3. The minimum atomic E-state index is -1.65. The lowest BCUT2D eigenvalue weighted by Gasteiger charge is -2.56. The molecule has 12 atom stereocenters. The lowest BCUT2D eigenvalue weighted by atomic mass is 9.52. The highest BCUT2D eigenvalue weighted by atomic mass is 16.3. The van der Waals surface area contributed by atoms with Crippen molar-refractivity contribution in [1.29, 1.82) is 0 Å². The molecular weight excluding hydrogens is 1020 g/mol. The number of aliphatic hydroxyl groups is 6. The summed E-state index contributed by atoms with van der Waals surface area (Å²) in [6.07, 6.45) is 6.80. The fraction of sp³-hybridized carbons (Fsp3) is 0.492. The molecule has 16 heteroatoms. The zero-order chi connectivity index (χ0) is 58.4. The molecule has 5 aliphatic rings. The predicted molar refractivity (Wildman–Crippen MR) is 315 cm³/mol. The van der Waals surface area contributed by atoms with Crippen molar-refractivity contribution in [3.63, 3.8) is 0 Å². The molecule has 434 valence electrons. The number of fused-ring (bicyclic) bond motifs is 5. The Morgan fingerprint density at radius 2 is 1.74 bits per heavy atom. The Bertz CT molecular complexity index is 3040. The quantitative estimate of drug-likeness (QED) is 0.0518. The maximum absolute atomic E-state index is 15.2. The van der Waals surface area contributed by atoms with Crippen molar-refractivity contribution in [2.24, 2.45) is 39.6 Å². The average molecular weight is 1110 g/mol. The Morgan fingerprint density at radius 3 is 2.46 bits per heavy atom. The molecule has 0 aromatic heterocycles. The SMILES string of the molecule is C=C(C=CC=C(CO)C1CCC2(C3CCC(O)Cc4cccc(c4)CC4C(c5ccc(O)cc5)CNC(N)=NC#CCC4(O)CNC4C(=O)NC(N)c5cccc(c54)CC(=O)C(C)=C3CCC2(C)O)C1O)C(O)(CC=C(C)C)NCC. The van der Waals surface area contributed by atoms with Gasteiger partial charge in [0.2, 0.25) is 11.9 Å². The first-order valence-corrected chi connectivity index (χ1v) is 28.7. The van der Waals surface area contributed by atoms with Gasteiger partial charge in [-0.05, 0) is 154 Å². The Kier molecular flexibility index (Phi) is 19.2. The Labute approximate surface area is 477 Å². The fourth-order valence-corrected chi connectivity index (χ4v) is 13.9. The van der Waals surface area contributed by atoms with Gasteiger partial charge in [0, 0.05) is 61.6 Å². The summed E-state index contributed by atoms with van der Waals surface area (Å²) < 4.78 is 0. The standard InChI is InChI=1S/C65H85N7O9/c1-7-71-65(81,30-24-39(2)3)40(4)12-8-16-46(37-73)50-26-29-64(58(50)77)53-23-22-48(75)33-42-13-9-14-43(32-42)34-54-52(44-18-20-47(74)21-19-44)36-69-61(67)68-31-11-27-63(54,80)38-70-57-56-45(15-10-17-51(56)59(66)72-60(57)78)35-55(76)41(5)49(53)25-28-62(64,6)79/h8-10,12-21,24,32,48,50,52-54,57-59,70-71,73-75,77,79-81H,4,7,22-23,25-30,33-38,66H2,1-3,5-6H3,(H,72,78)(H3,67,68,69). The first kappa shape index (κ1) is 60.9. The maximum atomic E-state index is 15.2. The number of guanidine groups is 1. The number of likely N-dealkylation sites (N-methyl/N-ethyl adjacent to an activating group) is 1. The molecule has 0 saturated heterocycles. The predicted octanol–water partition coefficient (Wildman–Crippen LogP) is 5.48. The lowest BCUT2D eigenvalue weighted by Crippen LogP contribution is -2.59. The zero-order valence-electron chi connectivity index (χ0n) is 47.6.